The van der Waals surface area contributed by atoms with Gasteiger partial charge in [-0.3, -0.25) is 4.79 Å². The van der Waals surface area contributed by atoms with Gasteiger partial charge < -0.3 is 0 Å². The maximum Gasteiger partial charge on any atom is 0.168 e. The summed E-state index contributed by atoms with van der Waals surface area (Å²) in [5, 5.41) is 0. The van der Waals surface area contributed by atoms with Gasteiger partial charge in [0.2, 0.25) is 0 Å². The van der Waals surface area contributed by atoms with Crippen LogP contribution in [0.5, 0.6) is 0 Å². The maximum absolute atomic E-state index is 13.3. The van der Waals surface area contributed by atoms with Gasteiger partial charge in [-0.05, 0) is 34.5 Å². The highest BCUT2D eigenvalue weighted by atomic mass is 79.9. The molecule has 0 aliphatic rings. The van der Waals surface area contributed by atoms with E-state index in [0.29, 0.717) is 6.42 Å². The van der Waals surface area contributed by atoms with Crippen LogP contribution in [-0.4, -0.2) is 5.78 Å². The molecular weight excluding hydrogens is 254 g/mol. The lowest BCUT2D eigenvalue weighted by Gasteiger charge is -2.04. The maximum atomic E-state index is 13.3. The monoisotopic (exact) mass is 262 g/mol. The zero-order valence-electron chi connectivity index (χ0n) is 7.61. The molecule has 0 spiro atoms. The summed E-state index contributed by atoms with van der Waals surface area (Å²) in [6.45, 7) is 1.78. The van der Waals surface area contributed by atoms with E-state index in [-0.39, 0.29) is 10.9 Å². The normalized spacial score (nSPS) is 10.3. The molecule has 0 unspecified atom stereocenters. The molecule has 0 atom stereocenters. The predicted molar refractivity (Wildman–Crippen MR) is 53.3 cm³/mol. The van der Waals surface area contributed by atoms with Gasteiger partial charge in [-0.25, -0.2) is 8.78 Å². The third kappa shape index (κ3) is 2.18. The summed E-state index contributed by atoms with van der Waals surface area (Å²) in [7, 11) is 0. The van der Waals surface area contributed by atoms with Crippen LogP contribution in [0.1, 0.15) is 30.1 Å². The van der Waals surface area contributed by atoms with Crippen molar-refractivity contribution in [2.45, 2.75) is 19.8 Å². The quantitative estimate of drug-likeness (QED) is 0.600. The lowest BCUT2D eigenvalue weighted by molar-refractivity contribution is 0.0973. The summed E-state index contributed by atoms with van der Waals surface area (Å²) in [4.78, 5) is 11.3. The Morgan fingerprint density at radius 3 is 2.64 bits per heavy atom. The van der Waals surface area contributed by atoms with Gasteiger partial charge in [-0.1, -0.05) is 6.92 Å². The highest BCUT2D eigenvalue weighted by Gasteiger charge is 2.18. The van der Waals surface area contributed by atoms with Crippen LogP contribution in [0.2, 0.25) is 0 Å². The average molecular weight is 263 g/mol. The van der Waals surface area contributed by atoms with E-state index in [9.17, 15) is 13.6 Å². The molecular formula is C10H9BrF2O. The number of halogens is 3. The summed E-state index contributed by atoms with van der Waals surface area (Å²) in [6, 6.07) is 2.32. The molecule has 0 heterocycles. The molecule has 1 rings (SSSR count). The van der Waals surface area contributed by atoms with E-state index in [0.717, 1.165) is 6.07 Å². The molecule has 0 saturated carbocycles. The summed E-state index contributed by atoms with van der Waals surface area (Å²) in [6.07, 6.45) is 0.731. The van der Waals surface area contributed by atoms with Crippen molar-refractivity contribution in [3.63, 3.8) is 0 Å². The highest BCUT2D eigenvalue weighted by Crippen LogP contribution is 2.22. The van der Waals surface area contributed by atoms with E-state index in [2.05, 4.69) is 15.9 Å². The van der Waals surface area contributed by atoms with Crippen molar-refractivity contribution in [3.05, 3.63) is 33.8 Å². The molecule has 0 amide bonds. The Kier molecular flexibility index (Phi) is 3.75. The van der Waals surface area contributed by atoms with Gasteiger partial charge in [-0.15, -0.1) is 0 Å². The molecule has 0 radical (unpaired) electrons. The van der Waals surface area contributed by atoms with E-state index in [1.54, 1.807) is 6.92 Å². The second-order valence-electron chi connectivity index (χ2n) is 2.89. The first-order valence-electron chi connectivity index (χ1n) is 4.24. The van der Waals surface area contributed by atoms with Crippen LogP contribution in [-0.2, 0) is 0 Å². The first kappa shape index (κ1) is 11.3. The highest BCUT2D eigenvalue weighted by molar-refractivity contribution is 9.10. The number of carbonyl (C=O) groups is 1. The Morgan fingerprint density at radius 2 is 2.07 bits per heavy atom. The number of ketones is 1. The van der Waals surface area contributed by atoms with Crippen LogP contribution in [0.25, 0.3) is 0 Å². The van der Waals surface area contributed by atoms with E-state index >= 15 is 0 Å². The predicted octanol–water partition coefficient (Wildman–Crippen LogP) is 3.71. The van der Waals surface area contributed by atoms with Crippen molar-refractivity contribution in [3.8, 4) is 0 Å². The zero-order valence-corrected chi connectivity index (χ0v) is 9.20. The molecule has 76 valence electrons. The SMILES string of the molecule is CCCC(=O)c1c(F)ccc(Br)c1F. The molecule has 1 aromatic rings. The molecule has 0 fully saturated rings. The second-order valence-corrected chi connectivity index (χ2v) is 3.75. The third-order valence-electron chi connectivity index (χ3n) is 1.80. The topological polar surface area (TPSA) is 17.1 Å². The van der Waals surface area contributed by atoms with Crippen LogP contribution in [0.15, 0.2) is 16.6 Å². The Hall–Kier alpha value is -0.770. The van der Waals surface area contributed by atoms with Crippen molar-refractivity contribution in [2.75, 3.05) is 0 Å². The molecule has 1 nitrogen and oxygen atoms in total. The van der Waals surface area contributed by atoms with Crippen LogP contribution in [0.3, 0.4) is 0 Å². The third-order valence-corrected chi connectivity index (χ3v) is 2.41. The van der Waals surface area contributed by atoms with Gasteiger partial charge in [-0.2, -0.15) is 0 Å². The lowest BCUT2D eigenvalue weighted by atomic mass is 10.1. The largest absolute Gasteiger partial charge is 0.294 e. The van der Waals surface area contributed by atoms with Gasteiger partial charge in [0, 0.05) is 6.42 Å². The van der Waals surface area contributed by atoms with Gasteiger partial charge >= 0.3 is 0 Å². The molecule has 14 heavy (non-hydrogen) atoms. The van der Waals surface area contributed by atoms with Crippen molar-refractivity contribution >= 4 is 21.7 Å². The number of carbonyl (C=O) groups excluding carboxylic acids is 1. The minimum Gasteiger partial charge on any atom is -0.294 e. The van der Waals surface area contributed by atoms with Crippen LogP contribution in [0.4, 0.5) is 8.78 Å². The van der Waals surface area contributed by atoms with E-state index in [4.69, 9.17) is 0 Å². The summed E-state index contributed by atoms with van der Waals surface area (Å²) in [5.41, 5.74) is -0.443. The van der Waals surface area contributed by atoms with Gasteiger partial charge in [0.25, 0.3) is 0 Å². The fourth-order valence-electron chi connectivity index (χ4n) is 1.13. The summed E-state index contributed by atoms with van der Waals surface area (Å²) >= 11 is 2.91. The van der Waals surface area contributed by atoms with Gasteiger partial charge in [0.05, 0.1) is 10.0 Å². The molecule has 0 aromatic heterocycles. The standard InChI is InChI=1S/C10H9BrF2O/c1-2-3-8(14)9-7(12)5-4-6(11)10(9)13/h4-5H,2-3H2,1H3. The second kappa shape index (κ2) is 4.64. The molecule has 1 aromatic carbocycles. The van der Waals surface area contributed by atoms with Crippen molar-refractivity contribution < 1.29 is 13.6 Å². The van der Waals surface area contributed by atoms with Crippen LogP contribution < -0.4 is 0 Å². The molecule has 4 heteroatoms. The molecule has 0 saturated heterocycles. The lowest BCUT2D eigenvalue weighted by Crippen LogP contribution is -2.05. The number of rotatable bonds is 3. The van der Waals surface area contributed by atoms with Gasteiger partial charge in [0.1, 0.15) is 5.82 Å². The summed E-state index contributed by atoms with van der Waals surface area (Å²) in [5.74, 6) is -2.11. The molecule has 0 aliphatic carbocycles. The van der Waals surface area contributed by atoms with Crippen molar-refractivity contribution in [1.82, 2.24) is 0 Å². The molecule has 0 aliphatic heterocycles. The van der Waals surface area contributed by atoms with E-state index in [1.807, 2.05) is 0 Å². The Balaban J connectivity index is 3.18. The number of benzene rings is 1. The molecule has 0 N–H and O–H groups in total. The summed E-state index contributed by atoms with van der Waals surface area (Å²) < 4.78 is 26.6. The Morgan fingerprint density at radius 1 is 1.43 bits per heavy atom. The first-order valence-corrected chi connectivity index (χ1v) is 5.04. The fraction of sp³-hybridized carbons (Fsp3) is 0.300. The Bertz CT molecular complexity index is 363. The zero-order chi connectivity index (χ0) is 10.7. The average Bonchev–Trinajstić information content (AvgIpc) is 2.13. The van der Waals surface area contributed by atoms with Crippen LogP contribution in [0, 0.1) is 11.6 Å². The smallest absolute Gasteiger partial charge is 0.168 e. The van der Waals surface area contributed by atoms with Gasteiger partial charge in [0.15, 0.2) is 11.6 Å². The van der Waals surface area contributed by atoms with Crippen molar-refractivity contribution in [1.29, 1.82) is 0 Å². The number of hydrogen-bond acceptors (Lipinski definition) is 1. The van der Waals surface area contributed by atoms with E-state index < -0.39 is 23.0 Å². The fourth-order valence-corrected chi connectivity index (χ4v) is 1.47. The van der Waals surface area contributed by atoms with Crippen LogP contribution >= 0.6 is 15.9 Å². The number of hydrogen-bond donors (Lipinski definition) is 0. The first-order chi connectivity index (χ1) is 6.57. The molecule has 0 bridgehead atoms. The minimum atomic E-state index is -0.816. The van der Waals surface area contributed by atoms with Crippen molar-refractivity contribution in [2.24, 2.45) is 0 Å². The number of Topliss-reactive ketones (excluding diaryl/α,β-unsaturated/α-hetero) is 1. The van der Waals surface area contributed by atoms with E-state index in [1.165, 1.54) is 6.07 Å². The Labute approximate surface area is 89.3 Å². The minimum absolute atomic E-state index is 0.110.